The fraction of sp³-hybridized carbons (Fsp3) is 0.333. The molecule has 0 aliphatic heterocycles. The first-order chi connectivity index (χ1) is 8.15. The van der Waals surface area contributed by atoms with Gasteiger partial charge in [0.05, 0.1) is 13.6 Å². The molecular weight excluding hydrogens is 382 g/mol. The quantitative estimate of drug-likeness (QED) is 0.750. The molecule has 0 saturated heterocycles. The first kappa shape index (κ1) is 13.7. The van der Waals surface area contributed by atoms with Crippen LogP contribution in [0.3, 0.4) is 0 Å². The molecule has 5 heteroatoms. The first-order valence-electron chi connectivity index (χ1n) is 5.36. The molecule has 17 heavy (non-hydrogen) atoms. The van der Waals surface area contributed by atoms with Gasteiger partial charge in [0, 0.05) is 15.3 Å². The SMILES string of the molecule is CCc1ccc(C(NC)c2cc(Br)sc2Br)s1. The van der Waals surface area contributed by atoms with Crippen LogP contribution < -0.4 is 5.32 Å². The summed E-state index contributed by atoms with van der Waals surface area (Å²) in [6.45, 7) is 2.20. The van der Waals surface area contributed by atoms with Crippen LogP contribution in [-0.2, 0) is 6.42 Å². The normalized spacial score (nSPS) is 12.9. The lowest BCUT2D eigenvalue weighted by Crippen LogP contribution is -2.16. The van der Waals surface area contributed by atoms with Crippen molar-refractivity contribution >= 4 is 54.5 Å². The van der Waals surface area contributed by atoms with Crippen molar-refractivity contribution in [1.29, 1.82) is 0 Å². The first-order valence-corrected chi connectivity index (χ1v) is 8.58. The van der Waals surface area contributed by atoms with Gasteiger partial charge in [0.1, 0.15) is 0 Å². The van der Waals surface area contributed by atoms with Crippen molar-refractivity contribution < 1.29 is 0 Å². The zero-order valence-electron chi connectivity index (χ0n) is 9.59. The predicted octanol–water partition coefficient (Wildman–Crippen LogP) is 5.21. The number of thiophene rings is 2. The van der Waals surface area contributed by atoms with Crippen molar-refractivity contribution in [2.75, 3.05) is 7.05 Å². The molecule has 0 fully saturated rings. The smallest absolute Gasteiger partial charge is 0.0762 e. The number of halogens is 2. The average Bonchev–Trinajstić information content (AvgIpc) is 2.88. The Bertz CT molecular complexity index is 504. The lowest BCUT2D eigenvalue weighted by atomic mass is 10.1. The van der Waals surface area contributed by atoms with Gasteiger partial charge in [-0.25, -0.2) is 0 Å². The highest BCUT2D eigenvalue weighted by atomic mass is 79.9. The zero-order chi connectivity index (χ0) is 12.4. The second-order valence-electron chi connectivity index (χ2n) is 3.66. The summed E-state index contributed by atoms with van der Waals surface area (Å²) in [6, 6.07) is 6.90. The summed E-state index contributed by atoms with van der Waals surface area (Å²) in [7, 11) is 2.01. The van der Waals surface area contributed by atoms with Crippen LogP contribution in [0.2, 0.25) is 0 Å². The predicted molar refractivity (Wildman–Crippen MR) is 84.3 cm³/mol. The highest BCUT2D eigenvalue weighted by molar-refractivity contribution is 9.12. The van der Waals surface area contributed by atoms with Crippen LogP contribution in [0.1, 0.15) is 28.3 Å². The summed E-state index contributed by atoms with van der Waals surface area (Å²) in [5, 5.41) is 3.39. The van der Waals surface area contributed by atoms with Gasteiger partial charge in [0.25, 0.3) is 0 Å². The molecule has 1 nitrogen and oxygen atoms in total. The Morgan fingerprint density at radius 1 is 1.29 bits per heavy atom. The summed E-state index contributed by atoms with van der Waals surface area (Å²) in [5.74, 6) is 0. The molecule has 2 heterocycles. The Morgan fingerprint density at radius 2 is 2.06 bits per heavy atom. The molecule has 1 unspecified atom stereocenters. The van der Waals surface area contributed by atoms with Gasteiger partial charge in [-0.05, 0) is 63.5 Å². The van der Waals surface area contributed by atoms with Gasteiger partial charge < -0.3 is 5.32 Å². The number of rotatable bonds is 4. The van der Waals surface area contributed by atoms with Crippen LogP contribution in [0.25, 0.3) is 0 Å². The standard InChI is InChI=1S/C12H13Br2NS2/c1-3-7-4-5-9(16-7)11(15-2)8-6-10(13)17-12(8)14/h4-6,11,15H,3H2,1-2H3. The van der Waals surface area contributed by atoms with E-state index in [2.05, 4.69) is 62.3 Å². The Labute approximate surface area is 127 Å². The zero-order valence-corrected chi connectivity index (χ0v) is 14.4. The number of hydrogen-bond acceptors (Lipinski definition) is 3. The third kappa shape index (κ3) is 3.01. The lowest BCUT2D eigenvalue weighted by Gasteiger charge is -2.13. The van der Waals surface area contributed by atoms with E-state index in [-0.39, 0.29) is 6.04 Å². The minimum Gasteiger partial charge on any atom is -0.309 e. The van der Waals surface area contributed by atoms with Crippen LogP contribution in [0.4, 0.5) is 0 Å². The van der Waals surface area contributed by atoms with Crippen LogP contribution in [0.5, 0.6) is 0 Å². The van der Waals surface area contributed by atoms with Crippen LogP contribution >= 0.6 is 54.5 Å². The largest absolute Gasteiger partial charge is 0.309 e. The molecule has 0 bridgehead atoms. The summed E-state index contributed by atoms with van der Waals surface area (Å²) >= 11 is 10.8. The molecule has 1 atom stereocenters. The van der Waals surface area contributed by atoms with Gasteiger partial charge in [-0.2, -0.15) is 0 Å². The highest BCUT2D eigenvalue weighted by Crippen LogP contribution is 2.39. The highest BCUT2D eigenvalue weighted by Gasteiger charge is 2.19. The molecule has 0 aliphatic carbocycles. The second kappa shape index (κ2) is 5.97. The molecule has 0 radical (unpaired) electrons. The molecule has 0 aromatic carbocycles. The van der Waals surface area contributed by atoms with E-state index < -0.39 is 0 Å². The van der Waals surface area contributed by atoms with E-state index in [0.29, 0.717) is 0 Å². The molecule has 0 saturated carbocycles. The molecule has 2 aromatic rings. The second-order valence-corrected chi connectivity index (χ2v) is 8.61. The van der Waals surface area contributed by atoms with Crippen molar-refractivity contribution in [3.63, 3.8) is 0 Å². The van der Waals surface area contributed by atoms with Crippen molar-refractivity contribution in [1.82, 2.24) is 5.32 Å². The van der Waals surface area contributed by atoms with Gasteiger partial charge >= 0.3 is 0 Å². The maximum absolute atomic E-state index is 3.63. The maximum Gasteiger partial charge on any atom is 0.0762 e. The van der Waals surface area contributed by atoms with E-state index in [9.17, 15) is 0 Å². The van der Waals surface area contributed by atoms with E-state index in [1.165, 1.54) is 19.1 Å². The Morgan fingerprint density at radius 3 is 2.53 bits per heavy atom. The van der Waals surface area contributed by atoms with Crippen molar-refractivity contribution in [2.24, 2.45) is 0 Å². The fourth-order valence-electron chi connectivity index (χ4n) is 1.74. The Kier molecular flexibility index (Phi) is 4.83. The minimum absolute atomic E-state index is 0.275. The molecule has 92 valence electrons. The molecule has 0 aliphatic rings. The van der Waals surface area contributed by atoms with Crippen LogP contribution in [0.15, 0.2) is 25.8 Å². The fourth-order valence-corrected chi connectivity index (χ4v) is 5.72. The summed E-state index contributed by atoms with van der Waals surface area (Å²) in [6.07, 6.45) is 1.11. The summed E-state index contributed by atoms with van der Waals surface area (Å²) in [5.41, 5.74) is 1.30. The molecule has 0 amide bonds. The van der Waals surface area contributed by atoms with Crippen LogP contribution in [0, 0.1) is 0 Å². The van der Waals surface area contributed by atoms with Crippen molar-refractivity contribution in [2.45, 2.75) is 19.4 Å². The molecule has 0 spiro atoms. The third-order valence-electron chi connectivity index (χ3n) is 2.60. The summed E-state index contributed by atoms with van der Waals surface area (Å²) < 4.78 is 2.35. The van der Waals surface area contributed by atoms with E-state index in [4.69, 9.17) is 0 Å². The molecule has 2 aromatic heterocycles. The third-order valence-corrected chi connectivity index (χ3v) is 6.28. The van der Waals surface area contributed by atoms with E-state index in [1.807, 2.05) is 18.4 Å². The molecule has 1 N–H and O–H groups in total. The molecule has 2 rings (SSSR count). The monoisotopic (exact) mass is 393 g/mol. The number of aryl methyl sites for hydroxylation is 1. The Balaban J connectivity index is 2.36. The van der Waals surface area contributed by atoms with Crippen LogP contribution in [-0.4, -0.2) is 7.05 Å². The molecular formula is C12H13Br2NS2. The van der Waals surface area contributed by atoms with E-state index in [0.717, 1.165) is 10.2 Å². The van der Waals surface area contributed by atoms with E-state index in [1.54, 1.807) is 11.3 Å². The summed E-state index contributed by atoms with van der Waals surface area (Å²) in [4.78, 5) is 2.81. The van der Waals surface area contributed by atoms with Crippen molar-refractivity contribution in [3.05, 3.63) is 41.1 Å². The van der Waals surface area contributed by atoms with Gasteiger partial charge in [-0.15, -0.1) is 22.7 Å². The van der Waals surface area contributed by atoms with Crippen molar-refractivity contribution in [3.8, 4) is 0 Å². The van der Waals surface area contributed by atoms with Gasteiger partial charge in [-0.1, -0.05) is 6.92 Å². The number of hydrogen-bond donors (Lipinski definition) is 1. The Hall–Kier alpha value is 0.320. The van der Waals surface area contributed by atoms with Gasteiger partial charge in [0.2, 0.25) is 0 Å². The minimum atomic E-state index is 0.275. The lowest BCUT2D eigenvalue weighted by molar-refractivity contribution is 0.704. The average molecular weight is 395 g/mol. The van der Waals surface area contributed by atoms with Gasteiger partial charge in [0.15, 0.2) is 0 Å². The number of nitrogens with one attached hydrogen (secondary N) is 1. The maximum atomic E-state index is 3.63. The topological polar surface area (TPSA) is 12.0 Å². The van der Waals surface area contributed by atoms with Gasteiger partial charge in [-0.3, -0.25) is 0 Å². The van der Waals surface area contributed by atoms with E-state index >= 15 is 0 Å².